The highest BCUT2D eigenvalue weighted by Gasteiger charge is 2.26. The maximum atomic E-state index is 12.4. The first-order valence-corrected chi connectivity index (χ1v) is 9.67. The topological polar surface area (TPSA) is 58.4 Å². The first-order valence-electron chi connectivity index (χ1n) is 8.91. The molecule has 0 aliphatic carbocycles. The molecule has 0 bridgehead atoms. The molecule has 1 aliphatic rings. The summed E-state index contributed by atoms with van der Waals surface area (Å²) in [6, 6.07) is 12.8. The average molecular weight is 404 g/mol. The van der Waals surface area contributed by atoms with Crippen molar-refractivity contribution in [1.82, 2.24) is 9.88 Å². The van der Waals surface area contributed by atoms with E-state index < -0.39 is 0 Å². The number of amides is 1. The first kappa shape index (κ1) is 18.3. The third-order valence-electron chi connectivity index (χ3n) is 4.73. The third kappa shape index (κ3) is 4.26. The number of nitrogens with one attached hydrogen (secondary N) is 1. The van der Waals surface area contributed by atoms with Crippen LogP contribution in [0.1, 0.15) is 24.7 Å². The molecule has 1 N–H and O–H groups in total. The minimum atomic E-state index is -0.114. The standard InChI is InChI=1S/C20H19Cl2N3O2/c21-14-7-8-15(22)17(10-14)23-19(26)12-25-9-3-4-13(11-25)20-24-16-5-1-2-6-18(16)27-20/h1-2,5-8,10,13H,3-4,9,11-12H2,(H,23,26). The van der Waals surface area contributed by atoms with Crippen LogP contribution >= 0.6 is 23.2 Å². The molecule has 27 heavy (non-hydrogen) atoms. The molecule has 1 saturated heterocycles. The molecule has 1 aliphatic heterocycles. The van der Waals surface area contributed by atoms with E-state index in [0.717, 1.165) is 42.9 Å². The van der Waals surface area contributed by atoms with Gasteiger partial charge in [-0.1, -0.05) is 35.3 Å². The molecule has 140 valence electrons. The predicted molar refractivity (Wildman–Crippen MR) is 108 cm³/mol. The van der Waals surface area contributed by atoms with E-state index in [-0.39, 0.29) is 11.8 Å². The number of rotatable bonds is 4. The smallest absolute Gasteiger partial charge is 0.238 e. The molecule has 1 unspecified atom stereocenters. The van der Waals surface area contributed by atoms with Gasteiger partial charge in [0.25, 0.3) is 0 Å². The Morgan fingerprint density at radius 1 is 1.26 bits per heavy atom. The minimum absolute atomic E-state index is 0.114. The van der Waals surface area contributed by atoms with Crippen LogP contribution in [0.2, 0.25) is 10.0 Å². The van der Waals surface area contributed by atoms with Gasteiger partial charge in [-0.3, -0.25) is 9.69 Å². The van der Waals surface area contributed by atoms with Crippen LogP contribution < -0.4 is 5.32 Å². The van der Waals surface area contributed by atoms with Crippen molar-refractivity contribution in [3.8, 4) is 0 Å². The van der Waals surface area contributed by atoms with Gasteiger partial charge in [-0.2, -0.15) is 0 Å². The minimum Gasteiger partial charge on any atom is -0.440 e. The fourth-order valence-corrected chi connectivity index (χ4v) is 3.79. The highest BCUT2D eigenvalue weighted by molar-refractivity contribution is 6.35. The van der Waals surface area contributed by atoms with Gasteiger partial charge in [0.05, 0.1) is 17.3 Å². The van der Waals surface area contributed by atoms with Crippen molar-refractivity contribution in [3.63, 3.8) is 0 Å². The molecule has 0 radical (unpaired) electrons. The summed E-state index contributed by atoms with van der Waals surface area (Å²) in [5, 5.41) is 3.84. The van der Waals surface area contributed by atoms with Gasteiger partial charge in [-0.25, -0.2) is 4.98 Å². The fourth-order valence-electron chi connectivity index (χ4n) is 3.45. The lowest BCUT2D eigenvalue weighted by molar-refractivity contribution is -0.117. The van der Waals surface area contributed by atoms with Gasteiger partial charge in [-0.05, 0) is 49.7 Å². The van der Waals surface area contributed by atoms with Crippen LogP contribution in [-0.4, -0.2) is 35.4 Å². The number of fused-ring (bicyclic) bond motifs is 1. The number of anilines is 1. The number of aromatic nitrogens is 1. The van der Waals surface area contributed by atoms with Crippen LogP contribution in [0.25, 0.3) is 11.1 Å². The van der Waals surface area contributed by atoms with Gasteiger partial charge in [0.15, 0.2) is 11.5 Å². The number of hydrogen-bond acceptors (Lipinski definition) is 4. The van der Waals surface area contributed by atoms with Gasteiger partial charge in [-0.15, -0.1) is 0 Å². The van der Waals surface area contributed by atoms with Gasteiger partial charge in [0.2, 0.25) is 5.91 Å². The van der Waals surface area contributed by atoms with Crippen molar-refractivity contribution >= 4 is 45.9 Å². The number of oxazole rings is 1. The summed E-state index contributed by atoms with van der Waals surface area (Å²) in [6.07, 6.45) is 2.00. The number of para-hydroxylation sites is 2. The van der Waals surface area contributed by atoms with E-state index in [4.69, 9.17) is 27.6 Å². The Balaban J connectivity index is 1.40. The number of piperidine rings is 1. The van der Waals surface area contributed by atoms with Gasteiger partial charge in [0.1, 0.15) is 5.52 Å². The van der Waals surface area contributed by atoms with Crippen LogP contribution in [0.5, 0.6) is 0 Å². The molecule has 3 aromatic rings. The molecule has 1 aromatic heterocycles. The van der Waals surface area contributed by atoms with Crippen molar-refractivity contribution in [2.45, 2.75) is 18.8 Å². The number of hydrogen-bond donors (Lipinski definition) is 1. The molecular formula is C20H19Cl2N3O2. The van der Waals surface area contributed by atoms with E-state index in [1.54, 1.807) is 18.2 Å². The Hall–Kier alpha value is -2.08. The summed E-state index contributed by atoms with van der Waals surface area (Å²) < 4.78 is 5.91. The monoisotopic (exact) mass is 403 g/mol. The molecule has 1 amide bonds. The van der Waals surface area contributed by atoms with Crippen LogP contribution in [-0.2, 0) is 4.79 Å². The van der Waals surface area contributed by atoms with Crippen molar-refractivity contribution in [2.24, 2.45) is 0 Å². The van der Waals surface area contributed by atoms with Gasteiger partial charge in [0, 0.05) is 17.5 Å². The first-order chi connectivity index (χ1) is 13.1. The van der Waals surface area contributed by atoms with Crippen molar-refractivity contribution in [1.29, 1.82) is 0 Å². The van der Waals surface area contributed by atoms with Crippen LogP contribution in [0.4, 0.5) is 5.69 Å². The summed E-state index contributed by atoms with van der Waals surface area (Å²) in [7, 11) is 0. The van der Waals surface area contributed by atoms with Crippen LogP contribution in [0.15, 0.2) is 46.9 Å². The second-order valence-corrected chi connectivity index (χ2v) is 7.61. The Labute approximate surface area is 167 Å². The lowest BCUT2D eigenvalue weighted by Crippen LogP contribution is -2.39. The zero-order valence-electron chi connectivity index (χ0n) is 14.6. The van der Waals surface area contributed by atoms with Crippen molar-refractivity contribution < 1.29 is 9.21 Å². The zero-order valence-corrected chi connectivity index (χ0v) is 16.1. The molecule has 5 nitrogen and oxygen atoms in total. The van der Waals surface area contributed by atoms with E-state index in [1.807, 2.05) is 24.3 Å². The molecule has 2 aromatic carbocycles. The molecular weight excluding hydrogens is 385 g/mol. The van der Waals surface area contributed by atoms with Gasteiger partial charge >= 0.3 is 0 Å². The number of benzene rings is 2. The molecule has 2 heterocycles. The highest BCUT2D eigenvalue weighted by Crippen LogP contribution is 2.29. The summed E-state index contributed by atoms with van der Waals surface area (Å²) in [6.45, 7) is 1.90. The zero-order chi connectivity index (χ0) is 18.8. The summed E-state index contributed by atoms with van der Waals surface area (Å²) >= 11 is 12.1. The predicted octanol–water partition coefficient (Wildman–Crippen LogP) is 4.95. The molecule has 0 saturated carbocycles. The maximum absolute atomic E-state index is 12.4. The lowest BCUT2D eigenvalue weighted by atomic mass is 9.98. The molecule has 1 fully saturated rings. The summed E-state index contributed by atoms with van der Waals surface area (Å²) in [5.41, 5.74) is 2.21. The second-order valence-electron chi connectivity index (χ2n) is 6.77. The number of carbonyl (C=O) groups is 1. The quantitative estimate of drug-likeness (QED) is 0.668. The van der Waals surface area contributed by atoms with E-state index in [9.17, 15) is 4.79 Å². The fraction of sp³-hybridized carbons (Fsp3) is 0.300. The molecule has 1 atom stereocenters. The van der Waals surface area contributed by atoms with E-state index >= 15 is 0 Å². The Morgan fingerprint density at radius 2 is 2.11 bits per heavy atom. The molecule has 0 spiro atoms. The van der Waals surface area contributed by atoms with Crippen molar-refractivity contribution in [2.75, 3.05) is 25.0 Å². The van der Waals surface area contributed by atoms with Crippen LogP contribution in [0, 0.1) is 0 Å². The lowest BCUT2D eigenvalue weighted by Gasteiger charge is -2.30. The Morgan fingerprint density at radius 3 is 2.96 bits per heavy atom. The normalized spacial score (nSPS) is 17.9. The molecule has 7 heteroatoms. The number of carbonyl (C=O) groups excluding carboxylic acids is 1. The average Bonchev–Trinajstić information content (AvgIpc) is 3.09. The van der Waals surface area contributed by atoms with Gasteiger partial charge < -0.3 is 9.73 Å². The Kier molecular flexibility index (Phi) is 5.34. The summed E-state index contributed by atoms with van der Waals surface area (Å²) in [4.78, 5) is 19.2. The number of halogens is 2. The largest absolute Gasteiger partial charge is 0.440 e. The van der Waals surface area contributed by atoms with E-state index in [2.05, 4.69) is 15.2 Å². The van der Waals surface area contributed by atoms with Crippen LogP contribution in [0.3, 0.4) is 0 Å². The van der Waals surface area contributed by atoms with E-state index in [0.29, 0.717) is 22.3 Å². The second kappa shape index (κ2) is 7.89. The van der Waals surface area contributed by atoms with E-state index in [1.165, 1.54) is 0 Å². The highest BCUT2D eigenvalue weighted by atomic mass is 35.5. The number of likely N-dealkylation sites (tertiary alicyclic amines) is 1. The molecule has 4 rings (SSSR count). The van der Waals surface area contributed by atoms with Crippen molar-refractivity contribution in [3.05, 3.63) is 58.4 Å². The SMILES string of the molecule is O=C(CN1CCCC(c2nc3ccccc3o2)C1)Nc1cc(Cl)ccc1Cl. The third-order valence-corrected chi connectivity index (χ3v) is 5.30. The Bertz CT molecular complexity index is 940. The summed E-state index contributed by atoms with van der Waals surface area (Å²) in [5.74, 6) is 0.824. The maximum Gasteiger partial charge on any atom is 0.238 e. The number of nitrogens with zero attached hydrogens (tertiary/aromatic N) is 2.